The van der Waals surface area contributed by atoms with E-state index in [9.17, 15) is 9.90 Å². The Balaban J connectivity index is 2.56. The molecule has 0 saturated carbocycles. The minimum Gasteiger partial charge on any atom is -0.530 e. The van der Waals surface area contributed by atoms with E-state index in [2.05, 4.69) is 9.97 Å². The molecule has 1 heterocycles. The number of hydrogen-bond donors (Lipinski definition) is 1. The Morgan fingerprint density at radius 1 is 1.44 bits per heavy atom. The fraction of sp³-hybridized carbons (Fsp3) is 0.111. The Morgan fingerprint density at radius 2 is 2.06 bits per heavy atom. The van der Waals surface area contributed by atoms with E-state index in [0.717, 1.165) is 4.90 Å². The maximum Gasteiger partial charge on any atom is 0.209 e. The molecule has 1 aromatic carbocycles. The summed E-state index contributed by atoms with van der Waals surface area (Å²) in [6.07, 6.45) is -1.35. The third kappa shape index (κ3) is 1.79. The van der Waals surface area contributed by atoms with Crippen molar-refractivity contribution < 1.29 is 9.90 Å². The van der Waals surface area contributed by atoms with Crippen LogP contribution in [0, 0.1) is 0 Å². The number of fused-ring (bicyclic) bond motifs is 1. The molecule has 1 N–H and O–H groups in total. The molecule has 2 aromatic rings. The van der Waals surface area contributed by atoms with Gasteiger partial charge in [0, 0.05) is 7.05 Å². The summed E-state index contributed by atoms with van der Waals surface area (Å²) in [7, 11) is 1.33. The van der Waals surface area contributed by atoms with E-state index in [4.69, 9.17) is 23.2 Å². The van der Waals surface area contributed by atoms with Crippen LogP contribution in [0.15, 0.2) is 12.1 Å². The Bertz CT molecular complexity index is 528. The van der Waals surface area contributed by atoms with Crippen LogP contribution >= 0.6 is 23.2 Å². The smallest absolute Gasteiger partial charge is 0.209 e. The molecule has 0 aliphatic heterocycles. The Morgan fingerprint density at radius 3 is 2.69 bits per heavy atom. The van der Waals surface area contributed by atoms with E-state index >= 15 is 0 Å². The van der Waals surface area contributed by atoms with Gasteiger partial charge in [0.05, 0.1) is 21.1 Å². The van der Waals surface area contributed by atoms with Crippen molar-refractivity contribution in [1.29, 1.82) is 0 Å². The van der Waals surface area contributed by atoms with Crippen molar-refractivity contribution in [3.05, 3.63) is 22.2 Å². The lowest BCUT2D eigenvalue weighted by molar-refractivity contribution is -0.246. The average Bonchev–Trinajstić information content (AvgIpc) is 2.60. The van der Waals surface area contributed by atoms with Gasteiger partial charge in [-0.15, -0.1) is 0 Å². The number of carbonyl (C=O) groups is 1. The van der Waals surface area contributed by atoms with Crippen LogP contribution < -0.4 is 10.0 Å². The topological polar surface area (TPSA) is 72.1 Å². The van der Waals surface area contributed by atoms with E-state index in [0.29, 0.717) is 21.1 Å². The number of aromatic amines is 1. The second kappa shape index (κ2) is 3.84. The monoisotopic (exact) mass is 258 g/mol. The Kier molecular flexibility index (Phi) is 2.65. The van der Waals surface area contributed by atoms with Crippen LogP contribution in [0.3, 0.4) is 0 Å². The Labute approximate surface area is 101 Å². The van der Waals surface area contributed by atoms with Crippen molar-refractivity contribution in [3.8, 4) is 0 Å². The summed E-state index contributed by atoms with van der Waals surface area (Å²) in [5.41, 5.74) is 1.15. The molecule has 0 radical (unpaired) electrons. The number of nitrogens with zero attached hydrogens (tertiary/aromatic N) is 2. The number of halogens is 2. The Hall–Kier alpha value is -1.46. The van der Waals surface area contributed by atoms with Crippen molar-refractivity contribution in [2.45, 2.75) is 0 Å². The second-order valence-electron chi connectivity index (χ2n) is 3.17. The normalized spacial score (nSPS) is 10.7. The number of nitrogens with one attached hydrogen (secondary N) is 1. The van der Waals surface area contributed by atoms with Gasteiger partial charge in [-0.25, -0.2) is 4.98 Å². The van der Waals surface area contributed by atoms with Crippen LogP contribution in [0.1, 0.15) is 0 Å². The number of anilines is 1. The zero-order valence-electron chi connectivity index (χ0n) is 8.12. The molecule has 1 aromatic heterocycles. The van der Waals surface area contributed by atoms with Gasteiger partial charge < -0.3 is 19.8 Å². The number of carboxylic acid groups (broad SMARTS) is 1. The zero-order valence-corrected chi connectivity index (χ0v) is 9.63. The first-order valence-corrected chi connectivity index (χ1v) is 5.04. The number of imidazole rings is 1. The highest BCUT2D eigenvalue weighted by molar-refractivity contribution is 6.42. The van der Waals surface area contributed by atoms with Crippen LogP contribution in [0.2, 0.25) is 10.0 Å². The molecule has 1 amide bonds. The zero-order chi connectivity index (χ0) is 11.9. The molecule has 0 fully saturated rings. The fourth-order valence-corrected chi connectivity index (χ4v) is 1.56. The number of amides is 1. The van der Waals surface area contributed by atoms with Gasteiger partial charge in [-0.2, -0.15) is 0 Å². The van der Waals surface area contributed by atoms with Gasteiger partial charge in [0.2, 0.25) is 5.95 Å². The summed E-state index contributed by atoms with van der Waals surface area (Å²) < 4.78 is 0. The SMILES string of the molecule is CN(C(=O)[O-])c1nc2cc(Cl)c(Cl)cc2[nH]1. The van der Waals surface area contributed by atoms with Crippen LogP contribution in [-0.2, 0) is 0 Å². The largest absolute Gasteiger partial charge is 0.530 e. The second-order valence-corrected chi connectivity index (χ2v) is 3.98. The molecule has 0 bridgehead atoms. The molecule has 0 unspecified atom stereocenters. The third-order valence-electron chi connectivity index (χ3n) is 2.10. The quantitative estimate of drug-likeness (QED) is 0.846. The molecule has 0 spiro atoms. The van der Waals surface area contributed by atoms with Crippen molar-refractivity contribution in [2.24, 2.45) is 0 Å². The lowest BCUT2D eigenvalue weighted by atomic mass is 10.3. The number of aromatic nitrogens is 2. The molecular formula is C9H6Cl2N3O2-. The predicted octanol–water partition coefficient (Wildman–Crippen LogP) is 1.65. The molecule has 0 aliphatic rings. The molecule has 16 heavy (non-hydrogen) atoms. The maximum atomic E-state index is 10.6. The van der Waals surface area contributed by atoms with Gasteiger partial charge in [0.25, 0.3) is 0 Å². The van der Waals surface area contributed by atoms with Crippen LogP contribution in [0.4, 0.5) is 10.7 Å². The highest BCUT2D eigenvalue weighted by Gasteiger charge is 2.10. The van der Waals surface area contributed by atoms with Crippen molar-refractivity contribution in [1.82, 2.24) is 9.97 Å². The first-order chi connectivity index (χ1) is 7.49. The number of carbonyl (C=O) groups excluding carboxylic acids is 1. The number of H-pyrrole nitrogens is 1. The van der Waals surface area contributed by atoms with E-state index in [1.165, 1.54) is 7.05 Å². The van der Waals surface area contributed by atoms with Crippen molar-refractivity contribution in [2.75, 3.05) is 11.9 Å². The lowest BCUT2D eigenvalue weighted by Gasteiger charge is -2.15. The van der Waals surface area contributed by atoms with E-state index in [1.54, 1.807) is 12.1 Å². The van der Waals surface area contributed by atoms with Crippen LogP contribution in [0.5, 0.6) is 0 Å². The van der Waals surface area contributed by atoms with Crippen molar-refractivity contribution >= 4 is 46.3 Å². The molecule has 2 rings (SSSR count). The minimum atomic E-state index is -1.35. The first kappa shape index (κ1) is 11.0. The van der Waals surface area contributed by atoms with Gasteiger partial charge in [-0.1, -0.05) is 23.2 Å². The molecule has 0 saturated heterocycles. The summed E-state index contributed by atoms with van der Waals surface area (Å²) >= 11 is 11.6. The summed E-state index contributed by atoms with van der Waals surface area (Å²) in [6, 6.07) is 3.14. The summed E-state index contributed by atoms with van der Waals surface area (Å²) in [4.78, 5) is 18.3. The average molecular weight is 259 g/mol. The first-order valence-electron chi connectivity index (χ1n) is 4.28. The van der Waals surface area contributed by atoms with Crippen molar-refractivity contribution in [3.63, 3.8) is 0 Å². The lowest BCUT2D eigenvalue weighted by Crippen LogP contribution is -2.38. The van der Waals surface area contributed by atoms with E-state index < -0.39 is 6.09 Å². The van der Waals surface area contributed by atoms with Gasteiger partial charge in [0.1, 0.15) is 6.09 Å². The van der Waals surface area contributed by atoms with E-state index in [-0.39, 0.29) is 5.95 Å². The number of hydrogen-bond acceptors (Lipinski definition) is 3. The van der Waals surface area contributed by atoms with Gasteiger partial charge in [-0.3, -0.25) is 0 Å². The fourth-order valence-electron chi connectivity index (χ4n) is 1.24. The van der Waals surface area contributed by atoms with Gasteiger partial charge >= 0.3 is 0 Å². The molecular weight excluding hydrogens is 253 g/mol. The standard InChI is InChI=1S/C9H7Cl2N3O2/c1-14(9(15)16)8-12-6-2-4(10)5(11)3-7(6)13-8/h2-3H,1H3,(H,12,13)(H,15,16)/p-1. The maximum absolute atomic E-state index is 10.6. The highest BCUT2D eigenvalue weighted by Crippen LogP contribution is 2.27. The van der Waals surface area contributed by atoms with Gasteiger partial charge in [-0.05, 0) is 12.1 Å². The molecule has 0 aliphatic carbocycles. The summed E-state index contributed by atoms with van der Waals surface area (Å²) in [5, 5.41) is 11.4. The molecule has 5 nitrogen and oxygen atoms in total. The van der Waals surface area contributed by atoms with Gasteiger partial charge in [0.15, 0.2) is 0 Å². The minimum absolute atomic E-state index is 0.160. The number of benzene rings is 1. The summed E-state index contributed by atoms with van der Waals surface area (Å²) in [5.74, 6) is 0.160. The predicted molar refractivity (Wildman–Crippen MR) is 59.9 cm³/mol. The molecule has 84 valence electrons. The molecule has 0 atom stereocenters. The molecule has 7 heteroatoms. The van der Waals surface area contributed by atoms with Crippen LogP contribution in [0.25, 0.3) is 11.0 Å². The third-order valence-corrected chi connectivity index (χ3v) is 2.83. The van der Waals surface area contributed by atoms with Crippen LogP contribution in [-0.4, -0.2) is 23.1 Å². The summed E-state index contributed by atoms with van der Waals surface area (Å²) in [6.45, 7) is 0. The number of rotatable bonds is 1. The van der Waals surface area contributed by atoms with E-state index in [1.807, 2.05) is 0 Å². The highest BCUT2D eigenvalue weighted by atomic mass is 35.5.